The number of hydrogen-bond donors (Lipinski definition) is 1. The van der Waals surface area contributed by atoms with E-state index in [9.17, 15) is 14.4 Å². The molecule has 2 aliphatic heterocycles. The molecule has 8 heteroatoms. The second-order valence-corrected chi connectivity index (χ2v) is 10.7. The fraction of sp³-hybridized carbons (Fsp3) is 0.808. The Bertz CT molecular complexity index is 613. The molecule has 2 heterocycles. The highest BCUT2D eigenvalue weighted by Gasteiger charge is 2.24. The zero-order chi connectivity index (χ0) is 26.1. The van der Waals surface area contributed by atoms with Crippen LogP contribution in [-0.2, 0) is 14.4 Å². The van der Waals surface area contributed by atoms with Gasteiger partial charge < -0.3 is 20.0 Å². The van der Waals surface area contributed by atoms with Crippen molar-refractivity contribution in [3.05, 3.63) is 11.6 Å². The lowest BCUT2D eigenvalue weighted by molar-refractivity contribution is -0.132. The van der Waals surface area contributed by atoms with E-state index in [1.807, 2.05) is 24.8 Å². The summed E-state index contributed by atoms with van der Waals surface area (Å²) in [6.45, 7) is 18.0. The van der Waals surface area contributed by atoms with E-state index in [-0.39, 0.29) is 30.3 Å². The molecule has 0 saturated carbocycles. The van der Waals surface area contributed by atoms with E-state index in [4.69, 9.17) is 0 Å². The average Bonchev–Trinajstić information content (AvgIpc) is 3.36. The van der Waals surface area contributed by atoms with Gasteiger partial charge in [0.25, 0.3) is 0 Å². The van der Waals surface area contributed by atoms with Crippen LogP contribution < -0.4 is 5.32 Å². The SMILES string of the molecule is C/C(=C\[C@H](C(C)C)N(C)C(=O)CNC=O)C(=O)N1CCSC1.CC(C)N1CCCCC1.CCC. The number of likely N-dealkylation sites (tertiary alicyclic amines) is 1. The molecule has 0 aromatic heterocycles. The molecular weight excluding hydrogens is 448 g/mol. The molecule has 7 nitrogen and oxygen atoms in total. The van der Waals surface area contributed by atoms with Gasteiger partial charge in [-0.25, -0.2) is 0 Å². The van der Waals surface area contributed by atoms with E-state index in [1.165, 1.54) is 38.8 Å². The lowest BCUT2D eigenvalue weighted by atomic mass is 9.99. The molecule has 198 valence electrons. The summed E-state index contributed by atoms with van der Waals surface area (Å²) < 4.78 is 0. The van der Waals surface area contributed by atoms with Crippen molar-refractivity contribution in [2.24, 2.45) is 5.92 Å². The van der Waals surface area contributed by atoms with Gasteiger partial charge in [-0.05, 0) is 52.6 Å². The van der Waals surface area contributed by atoms with Gasteiger partial charge in [-0.2, -0.15) is 0 Å². The lowest BCUT2D eigenvalue weighted by Gasteiger charge is -2.29. The van der Waals surface area contributed by atoms with Crippen molar-refractivity contribution in [1.29, 1.82) is 0 Å². The quantitative estimate of drug-likeness (QED) is 0.405. The molecule has 0 unspecified atom stereocenters. The van der Waals surface area contributed by atoms with Gasteiger partial charge in [0.05, 0.1) is 18.5 Å². The number of hydrogen-bond acceptors (Lipinski definition) is 5. The first kappa shape index (κ1) is 32.5. The number of rotatable bonds is 8. The number of carbonyl (C=O) groups excluding carboxylic acids is 3. The van der Waals surface area contributed by atoms with Gasteiger partial charge in [0, 0.05) is 31.0 Å². The van der Waals surface area contributed by atoms with Crippen molar-refractivity contribution in [1.82, 2.24) is 20.0 Å². The van der Waals surface area contributed by atoms with Gasteiger partial charge in [0.1, 0.15) is 0 Å². The number of amides is 3. The number of piperidine rings is 1. The Labute approximate surface area is 213 Å². The molecule has 3 amide bonds. The molecule has 2 rings (SSSR count). The minimum Gasteiger partial charge on any atom is -0.350 e. The topological polar surface area (TPSA) is 73.0 Å². The van der Waals surface area contributed by atoms with Crippen molar-refractivity contribution in [3.63, 3.8) is 0 Å². The van der Waals surface area contributed by atoms with Crippen molar-refractivity contribution in [2.45, 2.75) is 86.2 Å². The van der Waals surface area contributed by atoms with Crippen molar-refractivity contribution in [2.75, 3.05) is 44.9 Å². The molecule has 1 atom stereocenters. The van der Waals surface area contributed by atoms with Gasteiger partial charge >= 0.3 is 0 Å². The maximum absolute atomic E-state index is 12.4. The lowest BCUT2D eigenvalue weighted by Crippen LogP contribution is -2.43. The van der Waals surface area contributed by atoms with Crippen LogP contribution in [-0.4, -0.2) is 89.9 Å². The van der Waals surface area contributed by atoms with Crippen LogP contribution in [0.25, 0.3) is 0 Å². The van der Waals surface area contributed by atoms with Crippen molar-refractivity contribution < 1.29 is 14.4 Å². The van der Waals surface area contributed by atoms with Gasteiger partial charge in [0.15, 0.2) is 0 Å². The third-order valence-corrected chi connectivity index (χ3v) is 6.74. The zero-order valence-corrected chi connectivity index (χ0v) is 23.7. The highest BCUT2D eigenvalue weighted by molar-refractivity contribution is 7.99. The number of thioether (sulfide) groups is 1. The van der Waals surface area contributed by atoms with Crippen LogP contribution in [0.15, 0.2) is 11.6 Å². The molecule has 2 fully saturated rings. The monoisotopic (exact) mass is 498 g/mol. The summed E-state index contributed by atoms with van der Waals surface area (Å²) >= 11 is 1.75. The molecule has 0 aromatic carbocycles. The predicted molar refractivity (Wildman–Crippen MR) is 145 cm³/mol. The normalized spacial score (nSPS) is 17.4. The second-order valence-electron chi connectivity index (χ2n) is 9.59. The van der Waals surface area contributed by atoms with Crippen molar-refractivity contribution >= 4 is 30.0 Å². The number of likely N-dealkylation sites (N-methyl/N-ethyl adjacent to an activating group) is 1. The molecule has 0 radical (unpaired) electrons. The van der Waals surface area contributed by atoms with Crippen LogP contribution in [0.4, 0.5) is 0 Å². The molecule has 1 N–H and O–H groups in total. The summed E-state index contributed by atoms with van der Waals surface area (Å²) in [5.74, 6) is 1.72. The van der Waals surface area contributed by atoms with E-state index in [0.717, 1.165) is 24.2 Å². The summed E-state index contributed by atoms with van der Waals surface area (Å²) in [4.78, 5) is 40.6. The molecule has 0 aromatic rings. The predicted octanol–water partition coefficient (Wildman–Crippen LogP) is 3.99. The Balaban J connectivity index is 0.000000745. The number of nitrogens with one attached hydrogen (secondary N) is 1. The Kier molecular flexibility index (Phi) is 17.9. The largest absolute Gasteiger partial charge is 0.350 e. The maximum atomic E-state index is 12.4. The summed E-state index contributed by atoms with van der Waals surface area (Å²) in [7, 11) is 1.69. The highest BCUT2D eigenvalue weighted by Crippen LogP contribution is 2.18. The van der Waals surface area contributed by atoms with Crippen LogP contribution in [0.5, 0.6) is 0 Å². The smallest absolute Gasteiger partial charge is 0.249 e. The Morgan fingerprint density at radius 1 is 1.06 bits per heavy atom. The number of carbonyl (C=O) groups is 3. The minimum absolute atomic E-state index is 0.0301. The molecule has 0 bridgehead atoms. The van der Waals surface area contributed by atoms with E-state index in [2.05, 4.69) is 37.9 Å². The van der Waals surface area contributed by atoms with Crippen LogP contribution in [0, 0.1) is 5.92 Å². The maximum Gasteiger partial charge on any atom is 0.249 e. The van der Waals surface area contributed by atoms with E-state index in [1.54, 1.807) is 30.6 Å². The number of nitrogens with zero attached hydrogens (tertiary/aromatic N) is 3. The van der Waals surface area contributed by atoms with E-state index in [0.29, 0.717) is 12.0 Å². The molecular formula is C26H50N4O3S. The van der Waals surface area contributed by atoms with Gasteiger partial charge in [-0.3, -0.25) is 14.4 Å². The van der Waals surface area contributed by atoms with Gasteiger partial charge in [-0.1, -0.05) is 46.6 Å². The molecule has 2 saturated heterocycles. The fourth-order valence-corrected chi connectivity index (χ4v) is 4.70. The van der Waals surface area contributed by atoms with E-state index >= 15 is 0 Å². The Morgan fingerprint density at radius 2 is 1.65 bits per heavy atom. The van der Waals surface area contributed by atoms with Gasteiger partial charge in [0.2, 0.25) is 18.2 Å². The summed E-state index contributed by atoms with van der Waals surface area (Å²) in [5.41, 5.74) is 0.657. The Hall–Kier alpha value is -1.54. The standard InChI is InChI=1S/C15H25N3O3S.C8H17N.C3H8/c1-11(2)13(17(4)14(20)8-16-9-19)7-12(3)15(21)18-5-6-22-10-18;1-8(2)9-6-4-3-5-7-9;1-3-2/h7,9,11,13H,5-6,8,10H2,1-4H3,(H,16,19);8H,3-7H2,1-2H3;3H2,1-2H3/b12-7+;;/t13-;;/m1../s1. The second kappa shape index (κ2) is 18.7. The van der Waals surface area contributed by atoms with Crippen LogP contribution in [0.1, 0.15) is 74.1 Å². The van der Waals surface area contributed by atoms with E-state index < -0.39 is 0 Å². The van der Waals surface area contributed by atoms with Crippen LogP contribution >= 0.6 is 11.8 Å². The van der Waals surface area contributed by atoms with Crippen LogP contribution in [0.3, 0.4) is 0 Å². The molecule has 2 aliphatic rings. The first-order chi connectivity index (χ1) is 16.1. The summed E-state index contributed by atoms with van der Waals surface area (Å²) in [5, 5.41) is 2.37. The van der Waals surface area contributed by atoms with Crippen molar-refractivity contribution in [3.8, 4) is 0 Å². The summed E-state index contributed by atoms with van der Waals surface area (Å²) in [6.07, 6.45) is 7.89. The minimum atomic E-state index is -0.181. The fourth-order valence-electron chi connectivity index (χ4n) is 3.76. The first-order valence-corrected chi connectivity index (χ1v) is 14.0. The first-order valence-electron chi connectivity index (χ1n) is 12.8. The van der Waals surface area contributed by atoms with Gasteiger partial charge in [-0.15, -0.1) is 11.8 Å². The van der Waals surface area contributed by atoms with Crippen LogP contribution in [0.2, 0.25) is 0 Å². The molecule has 0 spiro atoms. The molecule has 0 aliphatic carbocycles. The third kappa shape index (κ3) is 12.8. The zero-order valence-electron chi connectivity index (χ0n) is 22.9. The average molecular weight is 499 g/mol. The highest BCUT2D eigenvalue weighted by atomic mass is 32.2. The third-order valence-electron chi connectivity index (χ3n) is 5.78. The Morgan fingerprint density at radius 3 is 2.06 bits per heavy atom. The summed E-state index contributed by atoms with van der Waals surface area (Å²) in [6, 6.07) is 0.588. The molecule has 34 heavy (non-hydrogen) atoms.